The van der Waals surface area contributed by atoms with Gasteiger partial charge in [0.05, 0.1) is 0 Å². The standard InChI is InChI=1S/C6H9Cl/c7-6-4-2-1-3-5-6/h1-2,6H,3-5H2/t6-/m0/s1. The van der Waals surface area contributed by atoms with Gasteiger partial charge in [-0.2, -0.15) is 0 Å². The van der Waals surface area contributed by atoms with Crippen LogP contribution in [0.25, 0.3) is 0 Å². The van der Waals surface area contributed by atoms with Crippen LogP contribution in [0.4, 0.5) is 0 Å². The van der Waals surface area contributed by atoms with Crippen LogP contribution < -0.4 is 0 Å². The molecule has 0 fully saturated rings. The number of hydrogen-bond donors (Lipinski definition) is 0. The molecule has 0 aromatic rings. The van der Waals surface area contributed by atoms with Gasteiger partial charge < -0.3 is 0 Å². The summed E-state index contributed by atoms with van der Waals surface area (Å²) in [5, 5.41) is 0.421. The summed E-state index contributed by atoms with van der Waals surface area (Å²) < 4.78 is 0. The van der Waals surface area contributed by atoms with Crippen LogP contribution in [0.1, 0.15) is 19.3 Å². The number of hydrogen-bond acceptors (Lipinski definition) is 0. The van der Waals surface area contributed by atoms with Crippen LogP contribution in [-0.4, -0.2) is 5.38 Å². The first-order valence-corrected chi connectivity index (χ1v) is 3.12. The van der Waals surface area contributed by atoms with Crippen molar-refractivity contribution in [3.05, 3.63) is 12.2 Å². The number of halogens is 1. The minimum atomic E-state index is 0.421. The van der Waals surface area contributed by atoms with Crippen molar-refractivity contribution in [2.75, 3.05) is 0 Å². The molecule has 1 aliphatic carbocycles. The van der Waals surface area contributed by atoms with Crippen LogP contribution in [0, 0.1) is 0 Å². The van der Waals surface area contributed by atoms with Gasteiger partial charge in [-0.1, -0.05) is 12.2 Å². The fraction of sp³-hybridized carbons (Fsp3) is 0.667. The highest BCUT2D eigenvalue weighted by atomic mass is 35.5. The molecule has 0 saturated carbocycles. The van der Waals surface area contributed by atoms with Crippen LogP contribution >= 0.6 is 11.6 Å². The van der Waals surface area contributed by atoms with Crippen molar-refractivity contribution in [1.82, 2.24) is 0 Å². The Morgan fingerprint density at radius 2 is 2.29 bits per heavy atom. The molecule has 0 heterocycles. The second kappa shape index (κ2) is 2.37. The highest BCUT2D eigenvalue weighted by Gasteiger charge is 2.02. The zero-order chi connectivity index (χ0) is 5.11. The second-order valence-electron chi connectivity index (χ2n) is 1.88. The van der Waals surface area contributed by atoms with Gasteiger partial charge in [0, 0.05) is 5.38 Å². The van der Waals surface area contributed by atoms with E-state index in [-0.39, 0.29) is 0 Å². The molecule has 0 aromatic carbocycles. The number of rotatable bonds is 0. The Hall–Kier alpha value is 0.0300. The molecule has 1 heteroatoms. The van der Waals surface area contributed by atoms with Gasteiger partial charge in [0.25, 0.3) is 0 Å². The first-order valence-electron chi connectivity index (χ1n) is 2.68. The SMILES string of the molecule is Cl[C@H]1CC=CCC1. The first-order chi connectivity index (χ1) is 3.39. The van der Waals surface area contributed by atoms with Gasteiger partial charge >= 0.3 is 0 Å². The molecule has 7 heavy (non-hydrogen) atoms. The third-order valence-electron chi connectivity index (χ3n) is 1.21. The maximum atomic E-state index is 5.77. The molecule has 1 atom stereocenters. The molecule has 0 aliphatic heterocycles. The predicted octanol–water partition coefficient (Wildman–Crippen LogP) is 2.33. The number of allylic oxidation sites excluding steroid dienone is 2. The van der Waals surface area contributed by atoms with E-state index < -0.39 is 0 Å². The first kappa shape index (κ1) is 5.17. The number of alkyl halides is 1. The molecule has 0 amide bonds. The largest absolute Gasteiger partial charge is 0.123 e. The highest BCUT2D eigenvalue weighted by Crippen LogP contribution is 2.15. The molecule has 0 radical (unpaired) electrons. The fourth-order valence-corrected chi connectivity index (χ4v) is 0.986. The lowest BCUT2D eigenvalue weighted by molar-refractivity contribution is 0.739. The molecule has 0 saturated heterocycles. The highest BCUT2D eigenvalue weighted by molar-refractivity contribution is 6.20. The molecule has 0 unspecified atom stereocenters. The fourth-order valence-electron chi connectivity index (χ4n) is 0.757. The van der Waals surface area contributed by atoms with E-state index in [0.717, 1.165) is 12.8 Å². The minimum absolute atomic E-state index is 0.421. The van der Waals surface area contributed by atoms with E-state index in [4.69, 9.17) is 11.6 Å². The maximum absolute atomic E-state index is 5.77. The molecule has 40 valence electrons. The van der Waals surface area contributed by atoms with Crippen LogP contribution in [0.3, 0.4) is 0 Å². The summed E-state index contributed by atoms with van der Waals surface area (Å²) in [6.07, 6.45) is 7.76. The van der Waals surface area contributed by atoms with Crippen molar-refractivity contribution in [3.8, 4) is 0 Å². The topological polar surface area (TPSA) is 0 Å². The van der Waals surface area contributed by atoms with E-state index in [0.29, 0.717) is 5.38 Å². The maximum Gasteiger partial charge on any atom is 0.0373 e. The molecule has 0 spiro atoms. The van der Waals surface area contributed by atoms with Gasteiger partial charge in [0.2, 0.25) is 0 Å². The van der Waals surface area contributed by atoms with Gasteiger partial charge in [0.1, 0.15) is 0 Å². The van der Waals surface area contributed by atoms with Gasteiger partial charge in [-0.25, -0.2) is 0 Å². The van der Waals surface area contributed by atoms with Crippen molar-refractivity contribution in [2.24, 2.45) is 0 Å². The van der Waals surface area contributed by atoms with E-state index in [9.17, 15) is 0 Å². The lowest BCUT2D eigenvalue weighted by Crippen LogP contribution is -1.98. The Labute approximate surface area is 49.2 Å². The smallest absolute Gasteiger partial charge is 0.0373 e. The van der Waals surface area contributed by atoms with Gasteiger partial charge in [0.15, 0.2) is 0 Å². The van der Waals surface area contributed by atoms with Crippen LogP contribution in [0.5, 0.6) is 0 Å². The normalized spacial score (nSPS) is 30.7. The van der Waals surface area contributed by atoms with Crippen molar-refractivity contribution >= 4 is 11.6 Å². The Bertz CT molecular complexity index is 76.2. The summed E-state index contributed by atoms with van der Waals surface area (Å²) in [5.41, 5.74) is 0. The summed E-state index contributed by atoms with van der Waals surface area (Å²) in [6, 6.07) is 0. The molecule has 1 aliphatic rings. The zero-order valence-corrected chi connectivity index (χ0v) is 4.99. The zero-order valence-electron chi connectivity index (χ0n) is 4.23. The van der Waals surface area contributed by atoms with E-state index in [2.05, 4.69) is 12.2 Å². The monoisotopic (exact) mass is 116 g/mol. The minimum Gasteiger partial charge on any atom is -0.123 e. The third-order valence-corrected chi connectivity index (χ3v) is 1.60. The van der Waals surface area contributed by atoms with E-state index in [1.165, 1.54) is 6.42 Å². The van der Waals surface area contributed by atoms with Gasteiger partial charge in [-0.15, -0.1) is 11.6 Å². The summed E-state index contributed by atoms with van der Waals surface area (Å²) >= 11 is 5.77. The molecule has 0 bridgehead atoms. The Morgan fingerprint density at radius 3 is 2.57 bits per heavy atom. The second-order valence-corrected chi connectivity index (χ2v) is 2.50. The Kier molecular flexibility index (Phi) is 1.75. The Balaban J connectivity index is 2.32. The molecule has 0 aromatic heterocycles. The van der Waals surface area contributed by atoms with E-state index in [1.54, 1.807) is 0 Å². The summed E-state index contributed by atoms with van der Waals surface area (Å²) in [5.74, 6) is 0. The van der Waals surface area contributed by atoms with Crippen molar-refractivity contribution in [1.29, 1.82) is 0 Å². The van der Waals surface area contributed by atoms with Crippen LogP contribution in [0.15, 0.2) is 12.2 Å². The van der Waals surface area contributed by atoms with E-state index >= 15 is 0 Å². The molecular weight excluding hydrogens is 108 g/mol. The quantitative estimate of drug-likeness (QED) is 0.337. The Morgan fingerprint density at radius 1 is 1.43 bits per heavy atom. The van der Waals surface area contributed by atoms with Crippen molar-refractivity contribution in [3.63, 3.8) is 0 Å². The molecule has 0 nitrogen and oxygen atoms in total. The van der Waals surface area contributed by atoms with Gasteiger partial charge in [-0.05, 0) is 19.3 Å². The van der Waals surface area contributed by atoms with Crippen molar-refractivity contribution in [2.45, 2.75) is 24.6 Å². The van der Waals surface area contributed by atoms with Crippen LogP contribution in [0.2, 0.25) is 0 Å². The molecular formula is C6H9Cl. The lowest BCUT2D eigenvalue weighted by Gasteiger charge is -2.07. The van der Waals surface area contributed by atoms with Crippen LogP contribution in [-0.2, 0) is 0 Å². The molecule has 1 rings (SSSR count). The average Bonchev–Trinajstić information content (AvgIpc) is 1.69. The summed E-state index contributed by atoms with van der Waals surface area (Å²) in [4.78, 5) is 0. The summed E-state index contributed by atoms with van der Waals surface area (Å²) in [7, 11) is 0. The predicted molar refractivity (Wildman–Crippen MR) is 32.6 cm³/mol. The molecule has 0 N–H and O–H groups in total. The van der Waals surface area contributed by atoms with E-state index in [1.807, 2.05) is 0 Å². The summed E-state index contributed by atoms with van der Waals surface area (Å²) in [6.45, 7) is 0. The van der Waals surface area contributed by atoms with Gasteiger partial charge in [-0.3, -0.25) is 0 Å². The average molecular weight is 117 g/mol. The third kappa shape index (κ3) is 1.52. The van der Waals surface area contributed by atoms with Crippen molar-refractivity contribution < 1.29 is 0 Å². The lowest BCUT2D eigenvalue weighted by atomic mass is 10.1.